The van der Waals surface area contributed by atoms with E-state index in [1.165, 1.54) is 12.1 Å². The number of hydrogen-bond donors (Lipinski definition) is 1. The van der Waals surface area contributed by atoms with Gasteiger partial charge in [0, 0.05) is 17.3 Å². The summed E-state index contributed by atoms with van der Waals surface area (Å²) in [7, 11) is 0. The maximum atomic E-state index is 13.4. The summed E-state index contributed by atoms with van der Waals surface area (Å²) in [6.45, 7) is 1.73. The van der Waals surface area contributed by atoms with Gasteiger partial charge in [-0.05, 0) is 19.1 Å². The number of carbonyl (C=O) groups excluding carboxylic acids is 1. The fraction of sp³-hybridized carbons (Fsp3) is 0.0625. The van der Waals surface area contributed by atoms with Crippen LogP contribution in [0.25, 0.3) is 0 Å². The minimum absolute atomic E-state index is 0.109. The summed E-state index contributed by atoms with van der Waals surface area (Å²) in [5, 5.41) is 2.88. The summed E-state index contributed by atoms with van der Waals surface area (Å²) in [6.07, 6.45) is 1.46. The number of rotatable bonds is 4. The van der Waals surface area contributed by atoms with E-state index >= 15 is 0 Å². The second-order valence-electron chi connectivity index (χ2n) is 4.16. The van der Waals surface area contributed by atoms with Gasteiger partial charge in [-0.1, -0.05) is 42.5 Å². The first-order chi connectivity index (χ1) is 9.16. The van der Waals surface area contributed by atoms with Crippen LogP contribution in [-0.2, 0) is 0 Å². The van der Waals surface area contributed by atoms with Crippen molar-refractivity contribution in [2.45, 2.75) is 6.92 Å². The van der Waals surface area contributed by atoms with Gasteiger partial charge in [0.2, 0.25) is 0 Å². The number of anilines is 1. The van der Waals surface area contributed by atoms with Gasteiger partial charge in [-0.15, -0.1) is 0 Å². The zero-order valence-corrected chi connectivity index (χ0v) is 10.6. The van der Waals surface area contributed by atoms with Crippen LogP contribution in [0, 0.1) is 5.82 Å². The quantitative estimate of drug-likeness (QED) is 0.660. The van der Waals surface area contributed by atoms with Crippen LogP contribution in [0.2, 0.25) is 0 Å². The van der Waals surface area contributed by atoms with Gasteiger partial charge in [-0.3, -0.25) is 4.79 Å². The molecule has 2 aromatic carbocycles. The molecular weight excluding hydrogens is 241 g/mol. The van der Waals surface area contributed by atoms with E-state index in [4.69, 9.17) is 0 Å². The van der Waals surface area contributed by atoms with E-state index in [1.807, 2.05) is 6.07 Å². The minimum atomic E-state index is -0.345. The van der Waals surface area contributed by atoms with Crippen molar-refractivity contribution in [3.63, 3.8) is 0 Å². The van der Waals surface area contributed by atoms with Gasteiger partial charge in [-0.2, -0.15) is 0 Å². The number of nitrogens with one attached hydrogen (secondary N) is 1. The number of halogens is 1. The van der Waals surface area contributed by atoms with Crippen LogP contribution in [0.1, 0.15) is 17.3 Å². The van der Waals surface area contributed by atoms with Crippen LogP contribution in [0.15, 0.2) is 66.4 Å². The molecule has 2 aromatic rings. The largest absolute Gasteiger partial charge is 0.357 e. The van der Waals surface area contributed by atoms with Crippen LogP contribution < -0.4 is 5.32 Å². The van der Waals surface area contributed by atoms with Crippen LogP contribution in [0.4, 0.5) is 10.1 Å². The van der Waals surface area contributed by atoms with Crippen molar-refractivity contribution in [3.8, 4) is 0 Å². The Bertz CT molecular complexity index is 605. The standard InChI is InChI=1S/C16H14FNO/c1-12(18-15-10-6-5-9-14(15)17)11-16(19)13-7-3-2-4-8-13/h2-11,18H,1H3/b12-11+. The number of benzene rings is 2. The highest BCUT2D eigenvalue weighted by atomic mass is 19.1. The maximum Gasteiger partial charge on any atom is 0.187 e. The number of para-hydroxylation sites is 1. The van der Waals surface area contributed by atoms with Crippen LogP contribution >= 0.6 is 0 Å². The Morgan fingerprint density at radius 1 is 1.05 bits per heavy atom. The van der Waals surface area contributed by atoms with Crippen molar-refractivity contribution in [1.82, 2.24) is 0 Å². The molecule has 96 valence electrons. The molecule has 0 spiro atoms. The van der Waals surface area contributed by atoms with Crippen LogP contribution in [0.5, 0.6) is 0 Å². The normalized spacial score (nSPS) is 11.2. The van der Waals surface area contributed by atoms with E-state index in [0.29, 0.717) is 16.9 Å². The molecule has 3 heteroatoms. The van der Waals surface area contributed by atoms with Gasteiger partial charge in [0.15, 0.2) is 5.78 Å². The molecule has 0 heterocycles. The minimum Gasteiger partial charge on any atom is -0.357 e. The number of carbonyl (C=O) groups is 1. The van der Waals surface area contributed by atoms with Gasteiger partial charge in [0.25, 0.3) is 0 Å². The number of ketones is 1. The molecule has 0 radical (unpaired) electrons. The first kappa shape index (κ1) is 13.0. The molecular formula is C16H14FNO. The summed E-state index contributed by atoms with van der Waals surface area (Å²) in [5.74, 6) is -0.454. The zero-order valence-electron chi connectivity index (χ0n) is 10.6. The van der Waals surface area contributed by atoms with Gasteiger partial charge < -0.3 is 5.32 Å². The predicted molar refractivity (Wildman–Crippen MR) is 74.6 cm³/mol. The molecule has 1 N–H and O–H groups in total. The molecule has 0 amide bonds. The fourth-order valence-corrected chi connectivity index (χ4v) is 1.69. The summed E-state index contributed by atoms with van der Waals surface area (Å²) in [6, 6.07) is 15.3. The summed E-state index contributed by atoms with van der Waals surface area (Å²) >= 11 is 0. The first-order valence-electron chi connectivity index (χ1n) is 5.96. The van der Waals surface area contributed by atoms with Gasteiger partial charge in [-0.25, -0.2) is 4.39 Å². The monoisotopic (exact) mass is 255 g/mol. The first-order valence-corrected chi connectivity index (χ1v) is 5.96. The molecule has 0 aliphatic carbocycles. The molecule has 0 saturated carbocycles. The third-order valence-corrected chi connectivity index (χ3v) is 2.61. The van der Waals surface area contributed by atoms with Gasteiger partial charge in [0.05, 0.1) is 5.69 Å². The highest BCUT2D eigenvalue weighted by Crippen LogP contribution is 2.15. The lowest BCUT2D eigenvalue weighted by molar-refractivity contribution is 0.104. The molecule has 0 bridgehead atoms. The fourth-order valence-electron chi connectivity index (χ4n) is 1.69. The van der Waals surface area contributed by atoms with Crippen molar-refractivity contribution in [1.29, 1.82) is 0 Å². The summed E-state index contributed by atoms with van der Waals surface area (Å²) in [5.41, 5.74) is 1.56. The lowest BCUT2D eigenvalue weighted by Crippen LogP contribution is -2.02. The Morgan fingerprint density at radius 3 is 2.37 bits per heavy atom. The average molecular weight is 255 g/mol. The van der Waals surface area contributed by atoms with Gasteiger partial charge >= 0.3 is 0 Å². The molecule has 0 aliphatic heterocycles. The SMILES string of the molecule is C/C(=C\C(=O)c1ccccc1)Nc1ccccc1F. The Balaban J connectivity index is 2.12. The summed E-state index contributed by atoms with van der Waals surface area (Å²) in [4.78, 5) is 11.9. The molecule has 0 atom stereocenters. The molecule has 2 rings (SSSR count). The maximum absolute atomic E-state index is 13.4. The third-order valence-electron chi connectivity index (χ3n) is 2.61. The van der Waals surface area contributed by atoms with Crippen molar-refractivity contribution in [2.75, 3.05) is 5.32 Å². The molecule has 0 aromatic heterocycles. The molecule has 0 aliphatic rings. The van der Waals surface area contributed by atoms with E-state index in [2.05, 4.69) is 5.32 Å². The third kappa shape index (κ3) is 3.52. The van der Waals surface area contributed by atoms with Crippen LogP contribution in [0.3, 0.4) is 0 Å². The highest BCUT2D eigenvalue weighted by Gasteiger charge is 2.04. The Hall–Kier alpha value is -2.42. The van der Waals surface area contributed by atoms with E-state index in [-0.39, 0.29) is 11.6 Å². The van der Waals surface area contributed by atoms with Crippen molar-refractivity contribution < 1.29 is 9.18 Å². The van der Waals surface area contributed by atoms with E-state index < -0.39 is 0 Å². The van der Waals surface area contributed by atoms with E-state index in [1.54, 1.807) is 49.4 Å². The predicted octanol–water partition coefficient (Wildman–Crippen LogP) is 4.02. The average Bonchev–Trinajstić information content (AvgIpc) is 2.42. The molecule has 2 nitrogen and oxygen atoms in total. The smallest absolute Gasteiger partial charge is 0.187 e. The molecule has 0 fully saturated rings. The second-order valence-corrected chi connectivity index (χ2v) is 4.16. The lowest BCUT2D eigenvalue weighted by Gasteiger charge is -2.07. The Morgan fingerprint density at radius 2 is 1.68 bits per heavy atom. The molecule has 0 saturated heterocycles. The topological polar surface area (TPSA) is 29.1 Å². The van der Waals surface area contributed by atoms with Crippen molar-refractivity contribution in [3.05, 3.63) is 77.8 Å². The Labute approximate surface area is 111 Å². The number of hydrogen-bond acceptors (Lipinski definition) is 2. The van der Waals surface area contributed by atoms with E-state index in [0.717, 1.165) is 0 Å². The second kappa shape index (κ2) is 5.96. The van der Waals surface area contributed by atoms with Crippen molar-refractivity contribution >= 4 is 11.5 Å². The lowest BCUT2D eigenvalue weighted by atomic mass is 10.1. The zero-order chi connectivity index (χ0) is 13.7. The van der Waals surface area contributed by atoms with E-state index in [9.17, 15) is 9.18 Å². The highest BCUT2D eigenvalue weighted by molar-refractivity contribution is 6.05. The number of allylic oxidation sites excluding steroid dienone is 2. The Kier molecular flexibility index (Phi) is 4.08. The van der Waals surface area contributed by atoms with Crippen molar-refractivity contribution in [2.24, 2.45) is 0 Å². The molecule has 0 unspecified atom stereocenters. The summed E-state index contributed by atoms with van der Waals surface area (Å²) < 4.78 is 13.4. The van der Waals surface area contributed by atoms with Gasteiger partial charge in [0.1, 0.15) is 5.82 Å². The van der Waals surface area contributed by atoms with Crippen LogP contribution in [-0.4, -0.2) is 5.78 Å². The molecule has 19 heavy (non-hydrogen) atoms.